The van der Waals surface area contributed by atoms with Gasteiger partial charge in [-0.3, -0.25) is 4.90 Å². The van der Waals surface area contributed by atoms with E-state index in [0.29, 0.717) is 5.92 Å². The number of rotatable bonds is 4. The minimum atomic E-state index is -0.324. The number of nitrogen functional groups attached to an aromatic ring is 1. The molecule has 17 heavy (non-hydrogen) atoms. The standard InChI is InChI=1S/C13H19FN2O/c1-17-9-10-5-6-16(7-10)8-11-3-2-4-12(14)13(11)15/h2-4,10H,5-9,15H2,1H3. The number of benzene rings is 1. The number of anilines is 1. The molecule has 4 heteroatoms. The highest BCUT2D eigenvalue weighted by atomic mass is 19.1. The van der Waals surface area contributed by atoms with E-state index in [2.05, 4.69) is 4.90 Å². The summed E-state index contributed by atoms with van der Waals surface area (Å²) in [5.41, 5.74) is 6.89. The average molecular weight is 238 g/mol. The number of likely N-dealkylation sites (tertiary alicyclic amines) is 1. The van der Waals surface area contributed by atoms with Gasteiger partial charge in [0.15, 0.2) is 0 Å². The smallest absolute Gasteiger partial charge is 0.146 e. The Bertz CT molecular complexity index is 384. The fourth-order valence-electron chi connectivity index (χ4n) is 2.39. The summed E-state index contributed by atoms with van der Waals surface area (Å²) >= 11 is 0. The Labute approximate surface area is 101 Å². The summed E-state index contributed by atoms with van der Waals surface area (Å²) in [4.78, 5) is 2.30. The van der Waals surface area contributed by atoms with Gasteiger partial charge in [0.25, 0.3) is 0 Å². The van der Waals surface area contributed by atoms with Crippen LogP contribution in [0.2, 0.25) is 0 Å². The lowest BCUT2D eigenvalue weighted by Crippen LogP contribution is -2.22. The molecule has 1 aliphatic rings. The Morgan fingerprint density at radius 1 is 1.53 bits per heavy atom. The molecule has 1 heterocycles. The highest BCUT2D eigenvalue weighted by molar-refractivity contribution is 5.47. The minimum absolute atomic E-state index is 0.280. The Hall–Kier alpha value is -1.13. The number of para-hydroxylation sites is 1. The van der Waals surface area contributed by atoms with Crippen LogP contribution in [-0.2, 0) is 11.3 Å². The first kappa shape index (κ1) is 12.3. The van der Waals surface area contributed by atoms with Crippen molar-refractivity contribution in [3.05, 3.63) is 29.6 Å². The fourth-order valence-corrected chi connectivity index (χ4v) is 2.39. The molecule has 0 amide bonds. The van der Waals surface area contributed by atoms with E-state index in [4.69, 9.17) is 10.5 Å². The van der Waals surface area contributed by atoms with Crippen LogP contribution in [0, 0.1) is 11.7 Å². The van der Waals surface area contributed by atoms with Crippen LogP contribution in [0.1, 0.15) is 12.0 Å². The largest absolute Gasteiger partial charge is 0.396 e. The topological polar surface area (TPSA) is 38.5 Å². The van der Waals surface area contributed by atoms with Gasteiger partial charge in [-0.25, -0.2) is 4.39 Å². The molecule has 94 valence electrons. The second-order valence-electron chi connectivity index (χ2n) is 4.66. The van der Waals surface area contributed by atoms with Crippen molar-refractivity contribution in [2.45, 2.75) is 13.0 Å². The highest BCUT2D eigenvalue weighted by Gasteiger charge is 2.22. The summed E-state index contributed by atoms with van der Waals surface area (Å²) < 4.78 is 18.4. The van der Waals surface area contributed by atoms with Crippen molar-refractivity contribution < 1.29 is 9.13 Å². The zero-order valence-corrected chi connectivity index (χ0v) is 10.2. The predicted octanol–water partition coefficient (Wildman–Crippen LogP) is 1.88. The third-order valence-electron chi connectivity index (χ3n) is 3.31. The molecule has 0 bridgehead atoms. The molecule has 1 atom stereocenters. The normalized spacial score (nSPS) is 20.9. The number of hydrogen-bond acceptors (Lipinski definition) is 3. The zero-order valence-electron chi connectivity index (χ0n) is 10.2. The van der Waals surface area contributed by atoms with Gasteiger partial charge >= 0.3 is 0 Å². The molecule has 2 N–H and O–H groups in total. The third kappa shape index (κ3) is 2.96. The number of nitrogens with two attached hydrogens (primary N) is 1. The quantitative estimate of drug-likeness (QED) is 0.814. The van der Waals surface area contributed by atoms with Crippen LogP contribution in [0.3, 0.4) is 0 Å². The molecule has 0 aliphatic carbocycles. The van der Waals surface area contributed by atoms with Crippen LogP contribution in [0.25, 0.3) is 0 Å². The first-order chi connectivity index (χ1) is 8.20. The van der Waals surface area contributed by atoms with E-state index in [1.165, 1.54) is 6.07 Å². The molecule has 1 saturated heterocycles. The van der Waals surface area contributed by atoms with Gasteiger partial charge in [-0.1, -0.05) is 12.1 Å². The van der Waals surface area contributed by atoms with Gasteiger partial charge in [-0.05, 0) is 30.5 Å². The summed E-state index contributed by atoms with van der Waals surface area (Å²) in [6, 6.07) is 5.00. The van der Waals surface area contributed by atoms with E-state index < -0.39 is 0 Å². The predicted molar refractivity (Wildman–Crippen MR) is 66.1 cm³/mol. The van der Waals surface area contributed by atoms with Gasteiger partial charge in [0.1, 0.15) is 5.82 Å². The first-order valence-corrected chi connectivity index (χ1v) is 5.95. The Morgan fingerprint density at radius 3 is 3.12 bits per heavy atom. The minimum Gasteiger partial charge on any atom is -0.396 e. The maximum atomic E-state index is 13.3. The molecule has 0 aromatic heterocycles. The molecule has 2 rings (SSSR count). The molecule has 1 aliphatic heterocycles. The molecule has 0 spiro atoms. The Balaban J connectivity index is 1.96. The van der Waals surface area contributed by atoms with Crippen LogP contribution < -0.4 is 5.73 Å². The molecule has 1 fully saturated rings. The van der Waals surface area contributed by atoms with E-state index in [1.807, 2.05) is 6.07 Å². The van der Waals surface area contributed by atoms with E-state index in [-0.39, 0.29) is 11.5 Å². The summed E-state index contributed by atoms with van der Waals surface area (Å²) in [6.45, 7) is 3.56. The van der Waals surface area contributed by atoms with Crippen molar-refractivity contribution >= 4 is 5.69 Å². The zero-order chi connectivity index (χ0) is 12.3. The van der Waals surface area contributed by atoms with Gasteiger partial charge < -0.3 is 10.5 Å². The molecule has 1 unspecified atom stereocenters. The van der Waals surface area contributed by atoms with Gasteiger partial charge in [0.2, 0.25) is 0 Å². The molecular formula is C13H19FN2O. The summed E-state index contributed by atoms with van der Waals surface area (Å²) in [5, 5.41) is 0. The highest BCUT2D eigenvalue weighted by Crippen LogP contribution is 2.22. The first-order valence-electron chi connectivity index (χ1n) is 5.95. The van der Waals surface area contributed by atoms with E-state index in [1.54, 1.807) is 13.2 Å². The second-order valence-corrected chi connectivity index (χ2v) is 4.66. The monoisotopic (exact) mass is 238 g/mol. The number of ether oxygens (including phenoxy) is 1. The van der Waals surface area contributed by atoms with Crippen LogP contribution in [0.4, 0.5) is 10.1 Å². The van der Waals surface area contributed by atoms with Crippen LogP contribution >= 0.6 is 0 Å². The lowest BCUT2D eigenvalue weighted by atomic mass is 10.1. The number of methoxy groups -OCH3 is 1. The maximum Gasteiger partial charge on any atom is 0.146 e. The molecule has 0 saturated carbocycles. The van der Waals surface area contributed by atoms with Crippen molar-refractivity contribution in [2.75, 3.05) is 32.5 Å². The number of halogens is 1. The van der Waals surface area contributed by atoms with E-state index in [0.717, 1.165) is 38.2 Å². The van der Waals surface area contributed by atoms with Crippen LogP contribution in [-0.4, -0.2) is 31.7 Å². The van der Waals surface area contributed by atoms with Gasteiger partial charge in [0.05, 0.1) is 12.3 Å². The van der Waals surface area contributed by atoms with E-state index in [9.17, 15) is 4.39 Å². The second kappa shape index (κ2) is 5.47. The fraction of sp³-hybridized carbons (Fsp3) is 0.538. The average Bonchev–Trinajstić information content (AvgIpc) is 2.73. The van der Waals surface area contributed by atoms with Crippen molar-refractivity contribution in [1.82, 2.24) is 4.90 Å². The van der Waals surface area contributed by atoms with Crippen LogP contribution in [0.15, 0.2) is 18.2 Å². The molecule has 0 radical (unpaired) electrons. The lowest BCUT2D eigenvalue weighted by Gasteiger charge is -2.17. The van der Waals surface area contributed by atoms with Gasteiger partial charge in [-0.2, -0.15) is 0 Å². The maximum absolute atomic E-state index is 13.3. The summed E-state index contributed by atoms with van der Waals surface area (Å²) in [7, 11) is 1.73. The molecule has 1 aromatic rings. The van der Waals surface area contributed by atoms with Gasteiger partial charge in [0, 0.05) is 20.2 Å². The van der Waals surface area contributed by atoms with E-state index >= 15 is 0 Å². The SMILES string of the molecule is COCC1CCN(Cc2cccc(F)c2N)C1. The number of nitrogens with zero attached hydrogens (tertiary/aromatic N) is 1. The van der Waals surface area contributed by atoms with Crippen molar-refractivity contribution in [3.63, 3.8) is 0 Å². The molecule has 1 aromatic carbocycles. The summed E-state index contributed by atoms with van der Waals surface area (Å²) in [5.74, 6) is 0.268. The number of hydrogen-bond donors (Lipinski definition) is 1. The van der Waals surface area contributed by atoms with Crippen molar-refractivity contribution in [3.8, 4) is 0 Å². The third-order valence-corrected chi connectivity index (χ3v) is 3.31. The van der Waals surface area contributed by atoms with Crippen LogP contribution in [0.5, 0.6) is 0 Å². The van der Waals surface area contributed by atoms with Gasteiger partial charge in [-0.15, -0.1) is 0 Å². The Kier molecular flexibility index (Phi) is 3.97. The molecule has 3 nitrogen and oxygen atoms in total. The lowest BCUT2D eigenvalue weighted by molar-refractivity contribution is 0.152. The van der Waals surface area contributed by atoms with Crippen molar-refractivity contribution in [1.29, 1.82) is 0 Å². The Morgan fingerprint density at radius 2 is 2.35 bits per heavy atom. The summed E-state index contributed by atoms with van der Waals surface area (Å²) in [6.07, 6.45) is 1.14. The van der Waals surface area contributed by atoms with Crippen molar-refractivity contribution in [2.24, 2.45) is 5.92 Å². The molecular weight excluding hydrogens is 219 g/mol.